The number of rotatable bonds is 10. The van der Waals surface area contributed by atoms with E-state index in [0.29, 0.717) is 38.3 Å². The van der Waals surface area contributed by atoms with Gasteiger partial charge in [-0.1, -0.05) is 30.3 Å². The second-order valence-electron chi connectivity index (χ2n) is 8.85. The number of ether oxygens (including phenoxy) is 2. The summed E-state index contributed by atoms with van der Waals surface area (Å²) in [7, 11) is 0. The molecular weight excluding hydrogens is 444 g/mol. The number of aromatic amines is 1. The maximum atomic E-state index is 12.9. The van der Waals surface area contributed by atoms with Gasteiger partial charge in [0.1, 0.15) is 5.75 Å². The van der Waals surface area contributed by atoms with Gasteiger partial charge in [-0.3, -0.25) is 9.69 Å². The van der Waals surface area contributed by atoms with Crippen LogP contribution in [0.2, 0.25) is 0 Å². The Labute approximate surface area is 203 Å². The Bertz CT molecular complexity index is 1310. The van der Waals surface area contributed by atoms with Crippen molar-refractivity contribution in [2.45, 2.75) is 45.5 Å². The van der Waals surface area contributed by atoms with Gasteiger partial charge in [0.2, 0.25) is 0 Å². The highest BCUT2D eigenvalue weighted by Gasteiger charge is 2.22. The lowest BCUT2D eigenvalue weighted by atomic mass is 10.1. The van der Waals surface area contributed by atoms with Gasteiger partial charge in [-0.15, -0.1) is 5.10 Å². The summed E-state index contributed by atoms with van der Waals surface area (Å²) in [5.41, 5.74) is 2.51. The Balaban J connectivity index is 1.40. The van der Waals surface area contributed by atoms with Crippen molar-refractivity contribution in [3.8, 4) is 5.75 Å². The summed E-state index contributed by atoms with van der Waals surface area (Å²) < 4.78 is 13.4. The van der Waals surface area contributed by atoms with E-state index >= 15 is 0 Å². The maximum Gasteiger partial charge on any atom is 0.252 e. The third-order valence-corrected chi connectivity index (χ3v) is 6.23. The topological polar surface area (TPSA) is 98.2 Å². The second kappa shape index (κ2) is 10.8. The van der Waals surface area contributed by atoms with Crippen molar-refractivity contribution >= 4 is 10.9 Å². The first-order chi connectivity index (χ1) is 17.2. The van der Waals surface area contributed by atoms with Crippen LogP contribution in [0.3, 0.4) is 0 Å². The fourth-order valence-electron chi connectivity index (χ4n) is 4.52. The summed E-state index contributed by atoms with van der Waals surface area (Å²) in [6, 6.07) is 17.8. The smallest absolute Gasteiger partial charge is 0.252 e. The molecule has 0 saturated carbocycles. The summed E-state index contributed by atoms with van der Waals surface area (Å²) in [4.78, 5) is 18.2. The van der Waals surface area contributed by atoms with Crippen LogP contribution < -0.4 is 10.3 Å². The molecule has 0 amide bonds. The van der Waals surface area contributed by atoms with Crippen molar-refractivity contribution in [1.82, 2.24) is 30.1 Å². The molecule has 3 heterocycles. The van der Waals surface area contributed by atoms with Crippen LogP contribution in [-0.4, -0.2) is 56.0 Å². The molecule has 1 aliphatic rings. The second-order valence-corrected chi connectivity index (χ2v) is 8.85. The number of benzene rings is 2. The molecule has 0 spiro atoms. The van der Waals surface area contributed by atoms with E-state index in [1.165, 1.54) is 0 Å². The van der Waals surface area contributed by atoms with Gasteiger partial charge in [-0.05, 0) is 60.0 Å². The summed E-state index contributed by atoms with van der Waals surface area (Å²) >= 11 is 0. The number of nitrogens with one attached hydrogen (secondary N) is 1. The Morgan fingerprint density at radius 2 is 2.06 bits per heavy atom. The normalized spacial score (nSPS) is 15.8. The number of pyridine rings is 1. The highest BCUT2D eigenvalue weighted by Crippen LogP contribution is 2.21. The molecule has 9 nitrogen and oxygen atoms in total. The van der Waals surface area contributed by atoms with Crippen LogP contribution in [0.5, 0.6) is 5.75 Å². The zero-order valence-corrected chi connectivity index (χ0v) is 19.9. The van der Waals surface area contributed by atoms with Gasteiger partial charge in [-0.25, -0.2) is 4.68 Å². The van der Waals surface area contributed by atoms with Crippen LogP contribution >= 0.6 is 0 Å². The number of fused-ring (bicyclic) bond motifs is 1. The minimum absolute atomic E-state index is 0.0946. The van der Waals surface area contributed by atoms with Crippen molar-refractivity contribution < 1.29 is 9.47 Å². The lowest BCUT2D eigenvalue weighted by Crippen LogP contribution is -2.34. The largest absolute Gasteiger partial charge is 0.494 e. The van der Waals surface area contributed by atoms with Crippen molar-refractivity contribution in [2.75, 3.05) is 19.8 Å². The first-order valence-electron chi connectivity index (χ1n) is 12.1. The molecule has 1 atom stereocenters. The van der Waals surface area contributed by atoms with Gasteiger partial charge in [0.15, 0.2) is 5.82 Å². The fraction of sp³-hybridized carbons (Fsp3) is 0.385. The van der Waals surface area contributed by atoms with E-state index in [1.807, 2.05) is 54.1 Å². The molecule has 2 aromatic heterocycles. The zero-order valence-electron chi connectivity index (χ0n) is 19.9. The molecule has 1 N–H and O–H groups in total. The van der Waals surface area contributed by atoms with Crippen LogP contribution in [-0.2, 0) is 24.4 Å². The van der Waals surface area contributed by atoms with E-state index in [2.05, 4.69) is 37.5 Å². The zero-order chi connectivity index (χ0) is 24.0. The minimum atomic E-state index is -0.0946. The van der Waals surface area contributed by atoms with Crippen LogP contribution in [0.25, 0.3) is 10.9 Å². The van der Waals surface area contributed by atoms with Gasteiger partial charge < -0.3 is 14.5 Å². The van der Waals surface area contributed by atoms with Crippen LogP contribution in [0.1, 0.15) is 36.7 Å². The Morgan fingerprint density at radius 3 is 2.86 bits per heavy atom. The SMILES string of the molecule is CCOc1ccc2[nH]c(=O)c(CN(Cc3nnnn3Cc3ccccc3)C[C@H]3CCCO3)cc2c1. The molecule has 0 bridgehead atoms. The lowest BCUT2D eigenvalue weighted by Gasteiger charge is -2.24. The first-order valence-corrected chi connectivity index (χ1v) is 12.1. The molecule has 1 fully saturated rings. The van der Waals surface area contributed by atoms with Crippen molar-refractivity contribution in [2.24, 2.45) is 0 Å². The Kier molecular flexibility index (Phi) is 7.15. The molecule has 182 valence electrons. The molecular formula is C26H30N6O3. The van der Waals surface area contributed by atoms with Gasteiger partial charge in [0, 0.05) is 36.2 Å². The summed E-state index contributed by atoms with van der Waals surface area (Å²) in [5, 5.41) is 13.4. The quantitative estimate of drug-likeness (QED) is 0.377. The summed E-state index contributed by atoms with van der Waals surface area (Å²) in [6.07, 6.45) is 2.20. The van der Waals surface area contributed by atoms with Gasteiger partial charge in [-0.2, -0.15) is 0 Å². The fourth-order valence-corrected chi connectivity index (χ4v) is 4.52. The highest BCUT2D eigenvalue weighted by atomic mass is 16.5. The lowest BCUT2D eigenvalue weighted by molar-refractivity contribution is 0.0663. The molecule has 0 radical (unpaired) electrons. The van der Waals surface area contributed by atoms with Crippen molar-refractivity contribution in [3.05, 3.63) is 81.9 Å². The molecule has 5 rings (SSSR count). The molecule has 2 aromatic carbocycles. The molecule has 1 aliphatic heterocycles. The molecule has 1 saturated heterocycles. The van der Waals surface area contributed by atoms with E-state index in [-0.39, 0.29) is 11.7 Å². The molecule has 35 heavy (non-hydrogen) atoms. The number of H-pyrrole nitrogens is 1. The van der Waals surface area contributed by atoms with Crippen molar-refractivity contribution in [1.29, 1.82) is 0 Å². The van der Waals surface area contributed by atoms with E-state index in [1.54, 1.807) is 0 Å². The van der Waals surface area contributed by atoms with Gasteiger partial charge >= 0.3 is 0 Å². The van der Waals surface area contributed by atoms with Crippen molar-refractivity contribution in [3.63, 3.8) is 0 Å². The maximum absolute atomic E-state index is 12.9. The molecule has 0 unspecified atom stereocenters. The average molecular weight is 475 g/mol. The molecule has 0 aliphatic carbocycles. The van der Waals surface area contributed by atoms with Crippen LogP contribution in [0.4, 0.5) is 0 Å². The van der Waals surface area contributed by atoms with Crippen LogP contribution in [0, 0.1) is 0 Å². The standard InChI is InChI=1S/C26H30N6O3/c1-2-34-22-10-11-24-20(14-22)13-21(26(33)27-24)16-31(17-23-9-6-12-35-23)18-25-28-29-30-32(25)15-19-7-4-3-5-8-19/h3-5,7-8,10-11,13-14,23H,2,6,9,12,15-18H2,1H3,(H,27,33)/t23-/m1/s1. The van der Waals surface area contributed by atoms with Crippen LogP contribution in [0.15, 0.2) is 59.4 Å². The number of tetrazole rings is 1. The van der Waals surface area contributed by atoms with Gasteiger partial charge in [0.05, 0.1) is 25.8 Å². The predicted molar refractivity (Wildman–Crippen MR) is 132 cm³/mol. The Morgan fingerprint density at radius 1 is 1.17 bits per heavy atom. The molecule has 4 aromatic rings. The minimum Gasteiger partial charge on any atom is -0.494 e. The number of nitrogens with zero attached hydrogens (tertiary/aromatic N) is 5. The third kappa shape index (κ3) is 5.75. The summed E-state index contributed by atoms with van der Waals surface area (Å²) in [5.74, 6) is 1.54. The van der Waals surface area contributed by atoms with E-state index < -0.39 is 0 Å². The highest BCUT2D eigenvalue weighted by molar-refractivity contribution is 5.80. The number of hydrogen-bond donors (Lipinski definition) is 1. The number of aromatic nitrogens is 5. The first kappa shape index (κ1) is 23.2. The summed E-state index contributed by atoms with van der Waals surface area (Å²) in [6.45, 7) is 5.59. The average Bonchev–Trinajstić information content (AvgIpc) is 3.53. The van der Waals surface area contributed by atoms with E-state index in [4.69, 9.17) is 9.47 Å². The van der Waals surface area contributed by atoms with E-state index in [9.17, 15) is 4.79 Å². The predicted octanol–water partition coefficient (Wildman–Crippen LogP) is 3.14. The Hall–Kier alpha value is -3.56. The van der Waals surface area contributed by atoms with E-state index in [0.717, 1.165) is 47.5 Å². The third-order valence-electron chi connectivity index (χ3n) is 6.23. The molecule has 9 heteroatoms. The monoisotopic (exact) mass is 474 g/mol. The van der Waals surface area contributed by atoms with Gasteiger partial charge in [0.25, 0.3) is 5.56 Å². The number of hydrogen-bond acceptors (Lipinski definition) is 7.